The molecule has 4 heteroatoms. The van der Waals surface area contributed by atoms with Crippen LogP contribution in [0.2, 0.25) is 0 Å². The Hall–Kier alpha value is -1.68. The van der Waals surface area contributed by atoms with Crippen molar-refractivity contribution in [1.82, 2.24) is 20.1 Å². The highest BCUT2D eigenvalue weighted by molar-refractivity contribution is 5.26. The molecule has 2 heterocycles. The summed E-state index contributed by atoms with van der Waals surface area (Å²) in [5, 5.41) is 12.7. The fourth-order valence-electron chi connectivity index (χ4n) is 3.76. The van der Waals surface area contributed by atoms with E-state index in [2.05, 4.69) is 50.4 Å². The predicted octanol–water partition coefficient (Wildman–Crippen LogP) is 3.02. The first-order chi connectivity index (χ1) is 10.4. The Balaban J connectivity index is 1.68. The van der Waals surface area contributed by atoms with Crippen LogP contribution < -0.4 is 5.32 Å². The summed E-state index contributed by atoms with van der Waals surface area (Å²) in [4.78, 5) is 0. The van der Waals surface area contributed by atoms with E-state index in [1.54, 1.807) is 0 Å². The zero-order valence-corrected chi connectivity index (χ0v) is 12.3. The first-order valence-electron chi connectivity index (χ1n) is 8.15. The SMILES string of the molecule is c1ccc(C2NCCn3c(C4CCCCC4)nnc32)cc1. The number of benzene rings is 1. The Morgan fingerprint density at radius 2 is 1.71 bits per heavy atom. The average molecular weight is 282 g/mol. The zero-order chi connectivity index (χ0) is 14.1. The van der Waals surface area contributed by atoms with Crippen LogP contribution in [0.4, 0.5) is 0 Å². The molecule has 1 fully saturated rings. The molecule has 0 radical (unpaired) electrons. The number of nitrogens with zero attached hydrogens (tertiary/aromatic N) is 3. The number of hydrogen-bond donors (Lipinski definition) is 1. The molecule has 1 N–H and O–H groups in total. The lowest BCUT2D eigenvalue weighted by molar-refractivity contribution is 0.392. The Bertz CT molecular complexity index is 599. The maximum atomic E-state index is 4.57. The van der Waals surface area contributed by atoms with E-state index in [0.717, 1.165) is 18.9 Å². The molecular weight excluding hydrogens is 260 g/mol. The normalized spacial score (nSPS) is 23.0. The summed E-state index contributed by atoms with van der Waals surface area (Å²) in [5.41, 5.74) is 1.28. The molecule has 1 aromatic heterocycles. The Kier molecular flexibility index (Phi) is 3.47. The van der Waals surface area contributed by atoms with Gasteiger partial charge < -0.3 is 9.88 Å². The molecular formula is C17H22N4. The third kappa shape index (κ3) is 2.38. The predicted molar refractivity (Wildman–Crippen MR) is 82.1 cm³/mol. The lowest BCUT2D eigenvalue weighted by Crippen LogP contribution is -2.35. The molecule has 1 aliphatic carbocycles. The lowest BCUT2D eigenvalue weighted by Gasteiger charge is -2.28. The van der Waals surface area contributed by atoms with Crippen LogP contribution in [0, 0.1) is 0 Å². The number of rotatable bonds is 2. The van der Waals surface area contributed by atoms with E-state index < -0.39 is 0 Å². The monoisotopic (exact) mass is 282 g/mol. The molecule has 1 aromatic carbocycles. The molecule has 1 atom stereocenters. The molecule has 21 heavy (non-hydrogen) atoms. The zero-order valence-electron chi connectivity index (χ0n) is 12.3. The summed E-state index contributed by atoms with van der Waals surface area (Å²) in [6.07, 6.45) is 6.62. The highest BCUT2D eigenvalue weighted by atomic mass is 15.3. The highest BCUT2D eigenvalue weighted by Crippen LogP contribution is 2.34. The van der Waals surface area contributed by atoms with Crippen molar-refractivity contribution in [2.24, 2.45) is 0 Å². The van der Waals surface area contributed by atoms with Gasteiger partial charge in [0.15, 0.2) is 5.82 Å². The van der Waals surface area contributed by atoms with Crippen LogP contribution in [0.25, 0.3) is 0 Å². The summed E-state index contributed by atoms with van der Waals surface area (Å²) in [6.45, 7) is 1.99. The Morgan fingerprint density at radius 1 is 0.952 bits per heavy atom. The van der Waals surface area contributed by atoms with Crippen LogP contribution in [-0.2, 0) is 6.54 Å². The van der Waals surface area contributed by atoms with Gasteiger partial charge in [0.1, 0.15) is 5.82 Å². The number of hydrogen-bond acceptors (Lipinski definition) is 3. The molecule has 0 saturated heterocycles. The summed E-state index contributed by atoms with van der Waals surface area (Å²) in [5.74, 6) is 2.94. The molecule has 2 aliphatic rings. The first-order valence-corrected chi connectivity index (χ1v) is 8.15. The van der Waals surface area contributed by atoms with E-state index in [-0.39, 0.29) is 6.04 Å². The fourth-order valence-corrected chi connectivity index (χ4v) is 3.76. The van der Waals surface area contributed by atoms with Crippen molar-refractivity contribution in [2.45, 2.75) is 50.6 Å². The van der Waals surface area contributed by atoms with Gasteiger partial charge in [0.25, 0.3) is 0 Å². The second-order valence-electron chi connectivity index (χ2n) is 6.20. The summed E-state index contributed by atoms with van der Waals surface area (Å²) < 4.78 is 2.38. The van der Waals surface area contributed by atoms with Gasteiger partial charge in [-0.05, 0) is 18.4 Å². The van der Waals surface area contributed by atoms with Crippen molar-refractivity contribution in [3.05, 3.63) is 47.5 Å². The fraction of sp³-hybridized carbons (Fsp3) is 0.529. The molecule has 4 rings (SSSR count). The quantitative estimate of drug-likeness (QED) is 0.920. The van der Waals surface area contributed by atoms with Gasteiger partial charge in [-0.15, -0.1) is 10.2 Å². The molecule has 110 valence electrons. The summed E-state index contributed by atoms with van der Waals surface area (Å²) in [7, 11) is 0. The van der Waals surface area contributed by atoms with Gasteiger partial charge in [0.2, 0.25) is 0 Å². The van der Waals surface area contributed by atoms with Crippen molar-refractivity contribution in [2.75, 3.05) is 6.54 Å². The Labute approximate surface area is 125 Å². The van der Waals surface area contributed by atoms with Crippen LogP contribution in [-0.4, -0.2) is 21.3 Å². The third-order valence-electron chi connectivity index (χ3n) is 4.85. The lowest BCUT2D eigenvalue weighted by atomic mass is 9.88. The summed E-state index contributed by atoms with van der Waals surface area (Å²) >= 11 is 0. The van der Waals surface area contributed by atoms with E-state index in [4.69, 9.17) is 0 Å². The van der Waals surface area contributed by atoms with Crippen molar-refractivity contribution in [3.8, 4) is 0 Å². The summed E-state index contributed by atoms with van der Waals surface area (Å²) in [6, 6.07) is 10.8. The van der Waals surface area contributed by atoms with Gasteiger partial charge >= 0.3 is 0 Å². The standard InChI is InChI=1S/C17H22N4/c1-3-7-13(8-4-1)15-17-20-19-16(21(17)12-11-18-15)14-9-5-2-6-10-14/h1,3-4,7-8,14-15,18H,2,5-6,9-12H2. The molecule has 4 nitrogen and oxygen atoms in total. The Morgan fingerprint density at radius 3 is 2.52 bits per heavy atom. The molecule has 1 saturated carbocycles. The van der Waals surface area contributed by atoms with Crippen LogP contribution in [0.15, 0.2) is 30.3 Å². The number of nitrogens with one attached hydrogen (secondary N) is 1. The highest BCUT2D eigenvalue weighted by Gasteiger charge is 2.29. The molecule has 0 bridgehead atoms. The van der Waals surface area contributed by atoms with Crippen LogP contribution >= 0.6 is 0 Å². The largest absolute Gasteiger partial charge is 0.312 e. The van der Waals surface area contributed by atoms with Gasteiger partial charge in [0, 0.05) is 19.0 Å². The minimum atomic E-state index is 0.185. The van der Waals surface area contributed by atoms with E-state index >= 15 is 0 Å². The minimum Gasteiger partial charge on any atom is -0.312 e. The van der Waals surface area contributed by atoms with Crippen molar-refractivity contribution < 1.29 is 0 Å². The molecule has 1 unspecified atom stereocenters. The topological polar surface area (TPSA) is 42.7 Å². The smallest absolute Gasteiger partial charge is 0.154 e. The van der Waals surface area contributed by atoms with Gasteiger partial charge in [-0.25, -0.2) is 0 Å². The average Bonchev–Trinajstić information content (AvgIpc) is 3.00. The van der Waals surface area contributed by atoms with Gasteiger partial charge in [-0.2, -0.15) is 0 Å². The van der Waals surface area contributed by atoms with E-state index in [9.17, 15) is 0 Å². The maximum absolute atomic E-state index is 4.57. The second-order valence-corrected chi connectivity index (χ2v) is 6.20. The third-order valence-corrected chi connectivity index (χ3v) is 4.85. The molecule has 1 aliphatic heterocycles. The number of aromatic nitrogens is 3. The van der Waals surface area contributed by atoms with Gasteiger partial charge in [-0.3, -0.25) is 0 Å². The van der Waals surface area contributed by atoms with Crippen LogP contribution in [0.5, 0.6) is 0 Å². The van der Waals surface area contributed by atoms with Crippen molar-refractivity contribution in [1.29, 1.82) is 0 Å². The van der Waals surface area contributed by atoms with Crippen molar-refractivity contribution in [3.63, 3.8) is 0 Å². The van der Waals surface area contributed by atoms with E-state index in [1.807, 2.05) is 0 Å². The molecule has 0 spiro atoms. The van der Waals surface area contributed by atoms with Crippen LogP contribution in [0.1, 0.15) is 61.3 Å². The van der Waals surface area contributed by atoms with Crippen LogP contribution in [0.3, 0.4) is 0 Å². The number of fused-ring (bicyclic) bond motifs is 1. The van der Waals surface area contributed by atoms with E-state index in [1.165, 1.54) is 43.5 Å². The maximum Gasteiger partial charge on any atom is 0.154 e. The van der Waals surface area contributed by atoms with Gasteiger partial charge in [-0.1, -0.05) is 49.6 Å². The second kappa shape index (κ2) is 5.60. The van der Waals surface area contributed by atoms with Gasteiger partial charge in [0.05, 0.1) is 6.04 Å². The van der Waals surface area contributed by atoms with E-state index in [0.29, 0.717) is 5.92 Å². The first kappa shape index (κ1) is 13.0. The van der Waals surface area contributed by atoms with Crippen molar-refractivity contribution >= 4 is 0 Å². The minimum absolute atomic E-state index is 0.185. The molecule has 2 aromatic rings. The molecule has 0 amide bonds.